The van der Waals surface area contributed by atoms with Gasteiger partial charge in [0.2, 0.25) is 0 Å². The number of rotatable bonds is 5. The second-order valence-corrected chi connectivity index (χ2v) is 5.27. The lowest BCUT2D eigenvalue weighted by molar-refractivity contribution is 0.0697. The molecule has 0 saturated carbocycles. The van der Waals surface area contributed by atoms with Crippen LogP contribution in [0.15, 0.2) is 29.2 Å². The van der Waals surface area contributed by atoms with Gasteiger partial charge in [-0.1, -0.05) is 0 Å². The Morgan fingerprint density at radius 3 is 2.76 bits per heavy atom. The third kappa shape index (κ3) is 3.75. The maximum Gasteiger partial charge on any atom is 0.335 e. The first kappa shape index (κ1) is 12.5. The highest BCUT2D eigenvalue weighted by molar-refractivity contribution is 7.99. The van der Waals surface area contributed by atoms with Gasteiger partial charge in [-0.15, -0.1) is 11.8 Å². The van der Waals surface area contributed by atoms with E-state index in [1.165, 1.54) is 12.8 Å². The molecular weight excluding hydrogens is 236 g/mol. The van der Waals surface area contributed by atoms with E-state index in [1.807, 2.05) is 12.1 Å². The van der Waals surface area contributed by atoms with E-state index in [0.29, 0.717) is 11.7 Å². The van der Waals surface area contributed by atoms with E-state index in [2.05, 4.69) is 0 Å². The molecule has 4 heteroatoms. The van der Waals surface area contributed by atoms with Gasteiger partial charge >= 0.3 is 5.97 Å². The summed E-state index contributed by atoms with van der Waals surface area (Å²) in [6.45, 7) is 0.905. The summed E-state index contributed by atoms with van der Waals surface area (Å²) in [5.41, 5.74) is 0.341. The maximum absolute atomic E-state index is 10.7. The third-order valence-electron chi connectivity index (χ3n) is 2.83. The number of hydrogen-bond donors (Lipinski definition) is 1. The van der Waals surface area contributed by atoms with Crippen molar-refractivity contribution in [3.05, 3.63) is 29.8 Å². The average Bonchev–Trinajstić information content (AvgIpc) is 2.83. The van der Waals surface area contributed by atoms with E-state index in [9.17, 15) is 4.79 Å². The SMILES string of the molecule is O=C(O)c1ccc(SCCC2CCCO2)cc1. The molecule has 1 fully saturated rings. The lowest BCUT2D eigenvalue weighted by Crippen LogP contribution is -2.05. The van der Waals surface area contributed by atoms with Gasteiger partial charge in [0, 0.05) is 17.3 Å². The van der Waals surface area contributed by atoms with Crippen LogP contribution < -0.4 is 0 Å². The second kappa shape index (κ2) is 6.07. The van der Waals surface area contributed by atoms with Gasteiger partial charge in [0.25, 0.3) is 0 Å². The minimum Gasteiger partial charge on any atom is -0.478 e. The van der Waals surface area contributed by atoms with E-state index in [-0.39, 0.29) is 0 Å². The van der Waals surface area contributed by atoms with Gasteiger partial charge in [-0.3, -0.25) is 0 Å². The van der Waals surface area contributed by atoms with Crippen molar-refractivity contribution in [1.29, 1.82) is 0 Å². The molecule has 1 aromatic rings. The van der Waals surface area contributed by atoms with Crippen molar-refractivity contribution in [1.82, 2.24) is 0 Å². The molecule has 1 unspecified atom stereocenters. The molecule has 1 aromatic carbocycles. The van der Waals surface area contributed by atoms with Crippen molar-refractivity contribution in [3.63, 3.8) is 0 Å². The molecule has 2 rings (SSSR count). The Hall–Kier alpha value is -1.00. The summed E-state index contributed by atoms with van der Waals surface area (Å²) in [6, 6.07) is 7.03. The normalized spacial score (nSPS) is 19.4. The maximum atomic E-state index is 10.7. The van der Waals surface area contributed by atoms with E-state index in [4.69, 9.17) is 9.84 Å². The fourth-order valence-corrected chi connectivity index (χ4v) is 2.82. The van der Waals surface area contributed by atoms with Crippen LogP contribution in [0.2, 0.25) is 0 Å². The molecule has 1 heterocycles. The van der Waals surface area contributed by atoms with Crippen LogP contribution in [0.3, 0.4) is 0 Å². The zero-order valence-corrected chi connectivity index (χ0v) is 10.4. The molecule has 0 spiro atoms. The molecule has 0 amide bonds. The monoisotopic (exact) mass is 252 g/mol. The van der Waals surface area contributed by atoms with Crippen molar-refractivity contribution in [2.75, 3.05) is 12.4 Å². The Morgan fingerprint density at radius 1 is 1.41 bits per heavy atom. The van der Waals surface area contributed by atoms with Crippen molar-refractivity contribution in [2.24, 2.45) is 0 Å². The van der Waals surface area contributed by atoms with Crippen LogP contribution in [-0.4, -0.2) is 29.5 Å². The Bertz CT molecular complexity index is 369. The Morgan fingerprint density at radius 2 is 2.18 bits per heavy atom. The largest absolute Gasteiger partial charge is 0.478 e. The molecular formula is C13H16O3S. The first-order valence-electron chi connectivity index (χ1n) is 5.83. The quantitative estimate of drug-likeness (QED) is 0.818. The summed E-state index contributed by atoms with van der Waals surface area (Å²) in [7, 11) is 0. The molecule has 1 saturated heterocycles. The lowest BCUT2D eigenvalue weighted by Gasteiger charge is -2.08. The zero-order valence-electron chi connectivity index (χ0n) is 9.59. The number of thioether (sulfide) groups is 1. The number of ether oxygens (including phenoxy) is 1. The molecule has 0 aliphatic carbocycles. The highest BCUT2D eigenvalue weighted by Gasteiger charge is 2.14. The van der Waals surface area contributed by atoms with Crippen molar-refractivity contribution in [2.45, 2.75) is 30.3 Å². The first-order valence-corrected chi connectivity index (χ1v) is 6.82. The summed E-state index contributed by atoms with van der Waals surface area (Å²) in [6.07, 6.45) is 3.87. The van der Waals surface area contributed by atoms with Gasteiger partial charge in [0.05, 0.1) is 11.7 Å². The van der Waals surface area contributed by atoms with Gasteiger partial charge in [0.15, 0.2) is 0 Å². The molecule has 1 atom stereocenters. The molecule has 0 bridgehead atoms. The van der Waals surface area contributed by atoms with Crippen LogP contribution in [0.4, 0.5) is 0 Å². The summed E-state index contributed by atoms with van der Waals surface area (Å²) in [5, 5.41) is 8.77. The molecule has 17 heavy (non-hydrogen) atoms. The summed E-state index contributed by atoms with van der Waals surface area (Å²) in [4.78, 5) is 11.8. The second-order valence-electron chi connectivity index (χ2n) is 4.10. The van der Waals surface area contributed by atoms with E-state index >= 15 is 0 Å². The summed E-state index contributed by atoms with van der Waals surface area (Å²) >= 11 is 1.75. The van der Waals surface area contributed by atoms with Crippen LogP contribution in [-0.2, 0) is 4.74 Å². The number of aromatic carboxylic acids is 1. The predicted molar refractivity (Wildman–Crippen MR) is 67.7 cm³/mol. The summed E-state index contributed by atoms with van der Waals surface area (Å²) in [5.74, 6) is 0.151. The standard InChI is InChI=1S/C13H16O3S/c14-13(15)10-3-5-12(6-4-10)17-9-7-11-2-1-8-16-11/h3-6,11H,1-2,7-9H2,(H,14,15). The fourth-order valence-electron chi connectivity index (χ4n) is 1.87. The highest BCUT2D eigenvalue weighted by Crippen LogP contribution is 2.23. The Kier molecular flexibility index (Phi) is 4.45. The van der Waals surface area contributed by atoms with Crippen molar-refractivity contribution < 1.29 is 14.6 Å². The number of benzene rings is 1. The molecule has 0 aromatic heterocycles. The molecule has 1 aliphatic rings. The van der Waals surface area contributed by atoms with Gasteiger partial charge in [0.1, 0.15) is 0 Å². The zero-order chi connectivity index (χ0) is 12.1. The Balaban J connectivity index is 1.76. The van der Waals surface area contributed by atoms with Crippen LogP contribution in [0.25, 0.3) is 0 Å². The number of carboxylic acids is 1. The molecule has 3 nitrogen and oxygen atoms in total. The van der Waals surface area contributed by atoms with E-state index in [0.717, 1.165) is 23.7 Å². The molecule has 92 valence electrons. The van der Waals surface area contributed by atoms with Gasteiger partial charge in [-0.05, 0) is 43.5 Å². The third-order valence-corrected chi connectivity index (χ3v) is 3.88. The predicted octanol–water partition coefficient (Wildman–Crippen LogP) is 3.05. The van der Waals surface area contributed by atoms with E-state index in [1.54, 1.807) is 23.9 Å². The van der Waals surface area contributed by atoms with Crippen LogP contribution in [0, 0.1) is 0 Å². The van der Waals surface area contributed by atoms with Gasteiger partial charge < -0.3 is 9.84 Å². The lowest BCUT2D eigenvalue weighted by atomic mass is 10.2. The molecule has 1 aliphatic heterocycles. The fraction of sp³-hybridized carbons (Fsp3) is 0.462. The Labute approximate surface area is 105 Å². The topological polar surface area (TPSA) is 46.5 Å². The number of carbonyl (C=O) groups is 1. The van der Waals surface area contributed by atoms with Crippen LogP contribution in [0.1, 0.15) is 29.6 Å². The van der Waals surface area contributed by atoms with Gasteiger partial charge in [-0.2, -0.15) is 0 Å². The number of hydrogen-bond acceptors (Lipinski definition) is 3. The molecule has 0 radical (unpaired) electrons. The van der Waals surface area contributed by atoms with Crippen LogP contribution >= 0.6 is 11.8 Å². The first-order chi connectivity index (χ1) is 8.25. The van der Waals surface area contributed by atoms with Crippen molar-refractivity contribution >= 4 is 17.7 Å². The smallest absolute Gasteiger partial charge is 0.335 e. The highest BCUT2D eigenvalue weighted by atomic mass is 32.2. The van der Waals surface area contributed by atoms with Crippen LogP contribution in [0.5, 0.6) is 0 Å². The minimum absolute atomic E-state index is 0.341. The minimum atomic E-state index is -0.874. The number of carboxylic acid groups (broad SMARTS) is 1. The molecule has 1 N–H and O–H groups in total. The van der Waals surface area contributed by atoms with Gasteiger partial charge in [-0.25, -0.2) is 4.79 Å². The van der Waals surface area contributed by atoms with Crippen molar-refractivity contribution in [3.8, 4) is 0 Å². The summed E-state index contributed by atoms with van der Waals surface area (Å²) < 4.78 is 5.55. The van der Waals surface area contributed by atoms with E-state index < -0.39 is 5.97 Å². The average molecular weight is 252 g/mol.